The van der Waals surface area contributed by atoms with Crippen LogP contribution in [-0.2, 0) is 11.3 Å². The average molecular weight is 419 g/mol. The van der Waals surface area contributed by atoms with Crippen LogP contribution in [0.25, 0.3) is 21.9 Å². The molecule has 1 N–H and O–H groups in total. The van der Waals surface area contributed by atoms with Crippen LogP contribution in [0.1, 0.15) is 24.1 Å². The highest BCUT2D eigenvalue weighted by Gasteiger charge is 2.18. The highest BCUT2D eigenvalue weighted by Crippen LogP contribution is 2.32. The van der Waals surface area contributed by atoms with Gasteiger partial charge in [0, 0.05) is 5.39 Å². The van der Waals surface area contributed by atoms with E-state index < -0.39 is 5.63 Å². The number of benzene rings is 2. The Labute approximate surface area is 177 Å². The summed E-state index contributed by atoms with van der Waals surface area (Å²) in [6, 6.07) is 10.9. The van der Waals surface area contributed by atoms with E-state index >= 15 is 0 Å². The molecule has 3 heterocycles. The van der Waals surface area contributed by atoms with Crippen molar-refractivity contribution in [3.05, 3.63) is 64.1 Å². The number of amides is 1. The molecule has 1 aliphatic rings. The molecule has 0 saturated heterocycles. The van der Waals surface area contributed by atoms with Crippen molar-refractivity contribution >= 4 is 27.8 Å². The van der Waals surface area contributed by atoms with Crippen molar-refractivity contribution in [3.63, 3.8) is 0 Å². The van der Waals surface area contributed by atoms with Crippen molar-refractivity contribution in [2.75, 3.05) is 13.2 Å². The van der Waals surface area contributed by atoms with Gasteiger partial charge < -0.3 is 19.2 Å². The minimum atomic E-state index is -0.470. The van der Waals surface area contributed by atoms with E-state index in [4.69, 9.17) is 13.9 Å². The van der Waals surface area contributed by atoms with E-state index in [-0.39, 0.29) is 18.5 Å². The molecular weight excluding hydrogens is 398 g/mol. The molecule has 8 nitrogen and oxygen atoms in total. The Morgan fingerprint density at radius 1 is 1.13 bits per heavy atom. The molecule has 2 aromatic heterocycles. The van der Waals surface area contributed by atoms with Gasteiger partial charge in [-0.25, -0.2) is 4.79 Å². The molecule has 0 bridgehead atoms. The van der Waals surface area contributed by atoms with Gasteiger partial charge in [-0.1, -0.05) is 17.7 Å². The normalized spacial score (nSPS) is 14.0. The van der Waals surface area contributed by atoms with Gasteiger partial charge in [0.1, 0.15) is 30.7 Å². The Bertz CT molecular complexity index is 1370. The Balaban J connectivity index is 1.41. The summed E-state index contributed by atoms with van der Waals surface area (Å²) >= 11 is 0. The fourth-order valence-electron chi connectivity index (χ4n) is 3.85. The van der Waals surface area contributed by atoms with Crippen LogP contribution in [0.2, 0.25) is 0 Å². The lowest BCUT2D eigenvalue weighted by Gasteiger charge is -2.21. The molecule has 2 aromatic carbocycles. The van der Waals surface area contributed by atoms with Crippen LogP contribution in [-0.4, -0.2) is 28.9 Å². The van der Waals surface area contributed by atoms with Crippen LogP contribution in [0, 0.1) is 6.92 Å². The SMILES string of the molecule is Cc1ccc2oc(=O)c3cnn(CC(=O)NC(C)c4ccc5c(c4)OCCO5)c3c2c1. The number of fused-ring (bicyclic) bond motifs is 4. The topological polar surface area (TPSA) is 95.6 Å². The molecule has 5 rings (SSSR count). The van der Waals surface area contributed by atoms with Crippen molar-refractivity contribution in [3.8, 4) is 11.5 Å². The third-order valence-corrected chi connectivity index (χ3v) is 5.39. The molecule has 8 heteroatoms. The van der Waals surface area contributed by atoms with E-state index in [9.17, 15) is 9.59 Å². The molecule has 0 saturated carbocycles. The molecule has 0 spiro atoms. The first-order valence-electron chi connectivity index (χ1n) is 10.1. The fraction of sp³-hybridized carbons (Fsp3) is 0.261. The van der Waals surface area contributed by atoms with E-state index in [1.54, 1.807) is 10.7 Å². The number of hydrogen-bond donors (Lipinski definition) is 1. The number of aromatic nitrogens is 2. The number of carbonyl (C=O) groups is 1. The monoisotopic (exact) mass is 419 g/mol. The van der Waals surface area contributed by atoms with E-state index in [2.05, 4.69) is 10.4 Å². The lowest BCUT2D eigenvalue weighted by molar-refractivity contribution is -0.122. The molecule has 4 aromatic rings. The summed E-state index contributed by atoms with van der Waals surface area (Å²) in [4.78, 5) is 25.1. The number of hydrogen-bond acceptors (Lipinski definition) is 6. The number of ether oxygens (including phenoxy) is 2. The third kappa shape index (κ3) is 3.50. The summed E-state index contributed by atoms with van der Waals surface area (Å²) in [6.07, 6.45) is 1.44. The second-order valence-corrected chi connectivity index (χ2v) is 7.65. The standard InChI is InChI=1S/C23H21N3O5/c1-13-3-5-18-16(9-13)22-17(23(28)31-18)11-24-26(22)12-21(27)25-14(2)15-4-6-19-20(10-15)30-8-7-29-19/h3-6,9-11,14H,7-8,12H2,1-2H3,(H,25,27). The summed E-state index contributed by atoms with van der Waals surface area (Å²) in [5.41, 5.74) is 2.52. The largest absolute Gasteiger partial charge is 0.486 e. The zero-order valence-corrected chi connectivity index (χ0v) is 17.2. The molecule has 1 amide bonds. The summed E-state index contributed by atoms with van der Waals surface area (Å²) < 4.78 is 18.1. The second-order valence-electron chi connectivity index (χ2n) is 7.65. The molecule has 1 atom stereocenters. The first-order chi connectivity index (χ1) is 15.0. The smallest absolute Gasteiger partial charge is 0.347 e. The number of aryl methyl sites for hydroxylation is 1. The maximum Gasteiger partial charge on any atom is 0.347 e. The van der Waals surface area contributed by atoms with Crippen LogP contribution in [0.5, 0.6) is 11.5 Å². The molecule has 1 aliphatic heterocycles. The molecule has 158 valence electrons. The van der Waals surface area contributed by atoms with Gasteiger partial charge in [0.2, 0.25) is 5.91 Å². The van der Waals surface area contributed by atoms with E-state index in [1.807, 2.05) is 44.2 Å². The van der Waals surface area contributed by atoms with Gasteiger partial charge in [0.05, 0.1) is 17.8 Å². The summed E-state index contributed by atoms with van der Waals surface area (Å²) in [7, 11) is 0. The highest BCUT2D eigenvalue weighted by atomic mass is 16.6. The fourth-order valence-corrected chi connectivity index (χ4v) is 3.85. The Morgan fingerprint density at radius 2 is 1.94 bits per heavy atom. The quantitative estimate of drug-likeness (QED) is 0.511. The molecule has 0 aliphatic carbocycles. The summed E-state index contributed by atoms with van der Waals surface area (Å²) in [5, 5.41) is 8.36. The van der Waals surface area contributed by atoms with E-state index in [1.165, 1.54) is 6.20 Å². The zero-order chi connectivity index (χ0) is 21.5. The summed E-state index contributed by atoms with van der Waals surface area (Å²) in [6.45, 7) is 4.87. The van der Waals surface area contributed by atoms with Gasteiger partial charge in [0.15, 0.2) is 11.5 Å². The minimum absolute atomic E-state index is 0.0229. The molecule has 0 fully saturated rings. The Kier molecular flexibility index (Phi) is 4.62. The van der Waals surface area contributed by atoms with Crippen molar-refractivity contribution in [2.24, 2.45) is 0 Å². The van der Waals surface area contributed by atoms with Crippen LogP contribution in [0.15, 0.2) is 51.8 Å². The minimum Gasteiger partial charge on any atom is -0.486 e. The zero-order valence-electron chi connectivity index (χ0n) is 17.2. The highest BCUT2D eigenvalue weighted by molar-refractivity contribution is 6.02. The van der Waals surface area contributed by atoms with E-state index in [0.717, 1.165) is 16.5 Å². The van der Waals surface area contributed by atoms with E-state index in [0.29, 0.717) is 41.2 Å². The van der Waals surface area contributed by atoms with Gasteiger partial charge in [-0.05, 0) is 43.7 Å². The predicted molar refractivity (Wildman–Crippen MR) is 115 cm³/mol. The number of nitrogens with zero attached hydrogens (tertiary/aromatic N) is 2. The average Bonchev–Trinajstić information content (AvgIpc) is 3.18. The number of carbonyl (C=O) groups excluding carboxylic acids is 1. The molecular formula is C23H21N3O5. The van der Waals surface area contributed by atoms with Crippen LogP contribution >= 0.6 is 0 Å². The van der Waals surface area contributed by atoms with Crippen LogP contribution in [0.4, 0.5) is 0 Å². The maximum atomic E-state index is 12.8. The van der Waals surface area contributed by atoms with Gasteiger partial charge in [-0.3, -0.25) is 9.48 Å². The van der Waals surface area contributed by atoms with Gasteiger partial charge in [-0.2, -0.15) is 5.10 Å². The maximum absolute atomic E-state index is 12.8. The lowest BCUT2D eigenvalue weighted by Crippen LogP contribution is -2.30. The second kappa shape index (κ2) is 7.46. The molecule has 31 heavy (non-hydrogen) atoms. The Hall–Kier alpha value is -3.81. The van der Waals surface area contributed by atoms with Gasteiger partial charge >= 0.3 is 5.63 Å². The number of nitrogens with one attached hydrogen (secondary N) is 1. The van der Waals surface area contributed by atoms with Crippen LogP contribution in [0.3, 0.4) is 0 Å². The summed E-state index contributed by atoms with van der Waals surface area (Å²) in [5.74, 6) is 1.16. The van der Waals surface area contributed by atoms with Crippen molar-refractivity contribution in [1.82, 2.24) is 15.1 Å². The third-order valence-electron chi connectivity index (χ3n) is 5.39. The molecule has 1 unspecified atom stereocenters. The van der Waals surface area contributed by atoms with Crippen molar-refractivity contribution in [1.29, 1.82) is 0 Å². The van der Waals surface area contributed by atoms with Gasteiger partial charge in [-0.15, -0.1) is 0 Å². The van der Waals surface area contributed by atoms with Crippen LogP contribution < -0.4 is 20.4 Å². The number of rotatable bonds is 4. The molecule has 0 radical (unpaired) electrons. The van der Waals surface area contributed by atoms with Crippen molar-refractivity contribution < 1.29 is 18.7 Å². The predicted octanol–water partition coefficient (Wildman–Crippen LogP) is 3.10. The first-order valence-corrected chi connectivity index (χ1v) is 10.1. The van der Waals surface area contributed by atoms with Gasteiger partial charge in [0.25, 0.3) is 0 Å². The lowest BCUT2D eigenvalue weighted by atomic mass is 10.1. The Morgan fingerprint density at radius 3 is 2.77 bits per heavy atom. The first kappa shape index (κ1) is 19.2. The van der Waals surface area contributed by atoms with Crippen molar-refractivity contribution in [2.45, 2.75) is 26.4 Å².